The van der Waals surface area contributed by atoms with Gasteiger partial charge in [-0.2, -0.15) is 13.9 Å². The van der Waals surface area contributed by atoms with E-state index in [4.69, 9.17) is 4.42 Å². The molecule has 0 aliphatic heterocycles. The van der Waals surface area contributed by atoms with E-state index >= 15 is 0 Å². The van der Waals surface area contributed by atoms with Gasteiger partial charge in [-0.15, -0.1) is 0 Å². The Morgan fingerprint density at radius 1 is 1.35 bits per heavy atom. The van der Waals surface area contributed by atoms with E-state index in [1.807, 2.05) is 23.9 Å². The van der Waals surface area contributed by atoms with Crippen molar-refractivity contribution in [2.75, 3.05) is 6.54 Å². The fraction of sp³-hybridized carbons (Fsp3) is 0.462. The Morgan fingerprint density at radius 2 is 2.15 bits per heavy atom. The number of nitrogens with zero attached hydrogens (tertiary/aromatic N) is 2. The second-order valence-electron chi connectivity index (χ2n) is 4.31. The standard InChI is InChI=1S/C13H17F2N3OS/c1-18-10(5-7-17-18)4-6-16-8-11-2-3-12(19-11)9-20-13(14)15/h2-3,5,7,13,16H,4,6,8-9H2,1H3. The topological polar surface area (TPSA) is 43.0 Å². The lowest BCUT2D eigenvalue weighted by Crippen LogP contribution is -2.17. The minimum Gasteiger partial charge on any atom is -0.464 e. The van der Waals surface area contributed by atoms with Crippen molar-refractivity contribution in [3.05, 3.63) is 41.6 Å². The molecule has 0 spiro atoms. The first-order valence-corrected chi connectivity index (χ1v) is 7.35. The Kier molecular flexibility index (Phi) is 5.60. The molecular formula is C13H17F2N3OS. The lowest BCUT2D eigenvalue weighted by Gasteiger charge is -2.03. The average molecular weight is 301 g/mol. The highest BCUT2D eigenvalue weighted by Crippen LogP contribution is 2.21. The summed E-state index contributed by atoms with van der Waals surface area (Å²) < 4.78 is 31.4. The Bertz CT molecular complexity index is 527. The Balaban J connectivity index is 1.68. The molecule has 0 saturated carbocycles. The summed E-state index contributed by atoms with van der Waals surface area (Å²) >= 11 is 0.569. The predicted octanol–water partition coefficient (Wildman–Crippen LogP) is 2.80. The first kappa shape index (κ1) is 15.1. The molecule has 2 rings (SSSR count). The summed E-state index contributed by atoms with van der Waals surface area (Å²) in [6.07, 6.45) is 2.65. The maximum atomic E-state index is 12.0. The van der Waals surface area contributed by atoms with Crippen LogP contribution in [0.5, 0.6) is 0 Å². The summed E-state index contributed by atoms with van der Waals surface area (Å²) in [5.41, 5.74) is 1.16. The molecule has 0 aliphatic carbocycles. The summed E-state index contributed by atoms with van der Waals surface area (Å²) in [4.78, 5) is 0. The second kappa shape index (κ2) is 7.44. The van der Waals surface area contributed by atoms with Gasteiger partial charge in [0, 0.05) is 31.9 Å². The highest BCUT2D eigenvalue weighted by molar-refractivity contribution is 7.98. The quantitative estimate of drug-likeness (QED) is 0.761. The normalized spacial score (nSPS) is 11.4. The number of halogens is 2. The molecule has 1 N–H and O–H groups in total. The van der Waals surface area contributed by atoms with Crippen LogP contribution < -0.4 is 5.32 Å². The fourth-order valence-electron chi connectivity index (χ4n) is 1.81. The number of aromatic nitrogens is 2. The lowest BCUT2D eigenvalue weighted by atomic mass is 10.3. The van der Waals surface area contributed by atoms with Gasteiger partial charge in [-0.1, -0.05) is 11.8 Å². The number of alkyl halides is 2. The van der Waals surface area contributed by atoms with Crippen molar-refractivity contribution in [2.24, 2.45) is 7.05 Å². The zero-order chi connectivity index (χ0) is 14.4. The average Bonchev–Trinajstić information content (AvgIpc) is 3.02. The molecule has 0 saturated heterocycles. The highest BCUT2D eigenvalue weighted by atomic mass is 32.2. The number of rotatable bonds is 8. The molecule has 0 fully saturated rings. The van der Waals surface area contributed by atoms with Crippen LogP contribution in [-0.4, -0.2) is 22.1 Å². The van der Waals surface area contributed by atoms with E-state index in [1.54, 1.807) is 12.3 Å². The van der Waals surface area contributed by atoms with Gasteiger partial charge in [-0.05, 0) is 18.2 Å². The SMILES string of the molecule is Cn1nccc1CCNCc1ccc(CSC(F)F)o1. The number of furan rings is 1. The van der Waals surface area contributed by atoms with Gasteiger partial charge in [0.25, 0.3) is 5.76 Å². The van der Waals surface area contributed by atoms with Crippen LogP contribution in [0.2, 0.25) is 0 Å². The van der Waals surface area contributed by atoms with Crippen molar-refractivity contribution >= 4 is 11.8 Å². The number of aryl methyl sites for hydroxylation is 1. The molecule has 20 heavy (non-hydrogen) atoms. The lowest BCUT2D eigenvalue weighted by molar-refractivity contribution is 0.251. The number of nitrogens with one attached hydrogen (secondary N) is 1. The number of thioether (sulfide) groups is 1. The summed E-state index contributed by atoms with van der Waals surface area (Å²) in [6, 6.07) is 5.54. The van der Waals surface area contributed by atoms with Crippen LogP contribution in [0.4, 0.5) is 8.78 Å². The van der Waals surface area contributed by atoms with E-state index in [-0.39, 0.29) is 5.75 Å². The second-order valence-corrected chi connectivity index (χ2v) is 5.29. The van der Waals surface area contributed by atoms with Crippen LogP contribution in [0.1, 0.15) is 17.2 Å². The monoisotopic (exact) mass is 301 g/mol. The molecule has 0 aliphatic rings. The van der Waals surface area contributed by atoms with Crippen LogP contribution >= 0.6 is 11.8 Å². The van der Waals surface area contributed by atoms with Gasteiger partial charge in [-0.25, -0.2) is 0 Å². The van der Waals surface area contributed by atoms with Crippen molar-refractivity contribution in [1.82, 2.24) is 15.1 Å². The van der Waals surface area contributed by atoms with Crippen molar-refractivity contribution < 1.29 is 13.2 Å². The molecular weight excluding hydrogens is 284 g/mol. The molecule has 0 atom stereocenters. The highest BCUT2D eigenvalue weighted by Gasteiger charge is 2.07. The molecule has 0 radical (unpaired) electrons. The first-order chi connectivity index (χ1) is 9.65. The molecule has 0 unspecified atom stereocenters. The van der Waals surface area contributed by atoms with Crippen molar-refractivity contribution in [3.63, 3.8) is 0 Å². The molecule has 0 amide bonds. The number of hydrogen-bond acceptors (Lipinski definition) is 4. The zero-order valence-electron chi connectivity index (χ0n) is 11.2. The minimum absolute atomic E-state index is 0.201. The fourth-order valence-corrected chi connectivity index (χ4v) is 2.26. The van der Waals surface area contributed by atoms with Gasteiger partial charge in [0.15, 0.2) is 0 Å². The Labute approximate surface area is 120 Å². The summed E-state index contributed by atoms with van der Waals surface area (Å²) in [6.45, 7) is 1.40. The van der Waals surface area contributed by atoms with Crippen LogP contribution in [0, 0.1) is 0 Å². The van der Waals surface area contributed by atoms with E-state index in [9.17, 15) is 8.78 Å². The van der Waals surface area contributed by atoms with Crippen LogP contribution in [0.15, 0.2) is 28.8 Å². The van der Waals surface area contributed by atoms with E-state index < -0.39 is 5.76 Å². The molecule has 2 aromatic rings. The molecule has 4 nitrogen and oxygen atoms in total. The molecule has 2 heterocycles. The van der Waals surface area contributed by atoms with E-state index in [0.717, 1.165) is 24.4 Å². The van der Waals surface area contributed by atoms with Crippen molar-refractivity contribution in [3.8, 4) is 0 Å². The third-order valence-corrected chi connectivity index (χ3v) is 3.55. The van der Waals surface area contributed by atoms with E-state index in [0.29, 0.717) is 24.1 Å². The smallest absolute Gasteiger partial charge is 0.284 e. The Hall–Kier alpha value is -1.34. The largest absolute Gasteiger partial charge is 0.464 e. The van der Waals surface area contributed by atoms with E-state index in [1.165, 1.54) is 0 Å². The third kappa shape index (κ3) is 4.64. The van der Waals surface area contributed by atoms with Crippen LogP contribution in [-0.2, 0) is 25.8 Å². The number of hydrogen-bond donors (Lipinski definition) is 1. The van der Waals surface area contributed by atoms with Gasteiger partial charge in [0.05, 0.1) is 12.3 Å². The zero-order valence-corrected chi connectivity index (χ0v) is 12.0. The molecule has 0 aromatic carbocycles. The van der Waals surface area contributed by atoms with Gasteiger partial charge >= 0.3 is 0 Å². The van der Waals surface area contributed by atoms with Crippen LogP contribution in [0.25, 0.3) is 0 Å². The maximum absolute atomic E-state index is 12.0. The summed E-state index contributed by atoms with van der Waals surface area (Å²) in [5.74, 6) is -0.814. The Morgan fingerprint density at radius 3 is 2.85 bits per heavy atom. The van der Waals surface area contributed by atoms with Gasteiger partial charge in [0.2, 0.25) is 0 Å². The molecule has 7 heteroatoms. The van der Waals surface area contributed by atoms with Crippen molar-refractivity contribution in [2.45, 2.75) is 24.5 Å². The van der Waals surface area contributed by atoms with Crippen LogP contribution in [0.3, 0.4) is 0 Å². The minimum atomic E-state index is -2.36. The maximum Gasteiger partial charge on any atom is 0.284 e. The summed E-state index contributed by atoms with van der Waals surface area (Å²) in [5, 5.41) is 7.35. The van der Waals surface area contributed by atoms with Gasteiger partial charge < -0.3 is 9.73 Å². The van der Waals surface area contributed by atoms with Gasteiger partial charge in [0.1, 0.15) is 11.5 Å². The van der Waals surface area contributed by atoms with E-state index in [2.05, 4.69) is 10.4 Å². The molecule has 2 aromatic heterocycles. The molecule has 0 bridgehead atoms. The predicted molar refractivity (Wildman–Crippen MR) is 74.6 cm³/mol. The summed E-state index contributed by atoms with van der Waals surface area (Å²) in [7, 11) is 1.91. The van der Waals surface area contributed by atoms with Crippen molar-refractivity contribution in [1.29, 1.82) is 0 Å². The third-order valence-electron chi connectivity index (χ3n) is 2.85. The molecule has 110 valence electrons. The first-order valence-electron chi connectivity index (χ1n) is 6.30. The van der Waals surface area contributed by atoms with Gasteiger partial charge in [-0.3, -0.25) is 4.68 Å².